The molecule has 0 radical (unpaired) electrons. The van der Waals surface area contributed by atoms with Gasteiger partial charge in [0.05, 0.1) is 42.0 Å². The normalized spacial score (nSPS) is 28.5. The number of ketones is 3. The standard InChI is InChI=1S/C31H31NO10/c1-14-26(34)18(32-9-4-5-10-32)11-21(41-14)42-20-13-31(39,15(2)33)12-17-23(20)30(38)25-24(28(17)36)27(35)16-7-6-8-19(40-3)22(16)29(25)37/h4-10,14,18,20-21,26,34,36,38-39H,11-13H2,1-3H3/t14?,18?,20-,21?,26?,31-/m0/s1. The number of phenols is 2. The number of methoxy groups -OCH3 is 1. The predicted octanol–water partition coefficient (Wildman–Crippen LogP) is 2.74. The number of ether oxygens (including phenoxy) is 3. The summed E-state index contributed by atoms with van der Waals surface area (Å²) in [6, 6.07) is 7.69. The second-order valence-electron chi connectivity index (χ2n) is 11.2. The molecule has 0 amide bonds. The lowest BCUT2D eigenvalue weighted by atomic mass is 9.72. The molecule has 2 aliphatic carbocycles. The van der Waals surface area contributed by atoms with E-state index in [0.29, 0.717) is 0 Å². The number of aliphatic hydroxyl groups excluding tert-OH is 1. The van der Waals surface area contributed by atoms with Crippen molar-refractivity contribution in [3.8, 4) is 17.2 Å². The van der Waals surface area contributed by atoms with Gasteiger partial charge in [-0.3, -0.25) is 14.4 Å². The molecule has 0 bridgehead atoms. The van der Waals surface area contributed by atoms with Crippen LogP contribution in [0.4, 0.5) is 0 Å². The molecule has 4 N–H and O–H groups in total. The first-order valence-corrected chi connectivity index (χ1v) is 13.7. The highest BCUT2D eigenvalue weighted by Crippen LogP contribution is 2.52. The number of Topliss-reactive ketones (excluding diaryl/α,β-unsaturated/α-hetero) is 1. The molecule has 42 heavy (non-hydrogen) atoms. The maximum absolute atomic E-state index is 13.8. The fraction of sp³-hybridized carbons (Fsp3) is 0.387. The van der Waals surface area contributed by atoms with Gasteiger partial charge in [-0.15, -0.1) is 0 Å². The van der Waals surface area contributed by atoms with E-state index < -0.39 is 82.6 Å². The lowest BCUT2D eigenvalue weighted by molar-refractivity contribution is -0.254. The Morgan fingerprint density at radius 3 is 2.40 bits per heavy atom. The van der Waals surface area contributed by atoms with Crippen LogP contribution in [-0.2, 0) is 20.7 Å². The lowest BCUT2D eigenvalue weighted by Crippen LogP contribution is -2.48. The molecular formula is C31H31NO10. The maximum atomic E-state index is 13.8. The van der Waals surface area contributed by atoms with Gasteiger partial charge in [-0.2, -0.15) is 0 Å². The number of nitrogens with zero attached hydrogens (tertiary/aromatic N) is 1. The molecular weight excluding hydrogens is 546 g/mol. The average Bonchev–Trinajstić information content (AvgIpc) is 3.49. The highest BCUT2D eigenvalue weighted by molar-refractivity contribution is 6.31. The zero-order chi connectivity index (χ0) is 30.1. The number of phenolic OH excluding ortho intramolecular Hbond substituents is 2. The summed E-state index contributed by atoms with van der Waals surface area (Å²) in [4.78, 5) is 40.0. The molecule has 3 aliphatic rings. The third-order valence-corrected chi connectivity index (χ3v) is 8.73. The number of benzene rings is 2. The SMILES string of the molecule is COc1cccc2c1C(=O)c1c(O)c3c(c(O)c1C2=O)C[C@@](O)(C(C)=O)C[C@@H]3OC1CC(n2cccc2)C(O)C(C)O1. The fourth-order valence-electron chi connectivity index (χ4n) is 6.47. The molecule has 0 saturated carbocycles. The van der Waals surface area contributed by atoms with E-state index in [9.17, 15) is 34.8 Å². The summed E-state index contributed by atoms with van der Waals surface area (Å²) in [6.07, 6.45) is -0.622. The molecule has 11 heteroatoms. The molecule has 1 fully saturated rings. The Hall–Kier alpha value is -4.03. The van der Waals surface area contributed by atoms with E-state index in [4.69, 9.17) is 14.2 Å². The van der Waals surface area contributed by atoms with Crippen molar-refractivity contribution in [1.29, 1.82) is 0 Å². The Balaban J connectivity index is 1.47. The summed E-state index contributed by atoms with van der Waals surface area (Å²) in [5, 5.41) is 45.3. The quantitative estimate of drug-likeness (QED) is 0.259. The number of hydrogen-bond donors (Lipinski definition) is 4. The van der Waals surface area contributed by atoms with Crippen molar-refractivity contribution in [2.45, 2.75) is 69.4 Å². The van der Waals surface area contributed by atoms with E-state index in [1.165, 1.54) is 32.2 Å². The van der Waals surface area contributed by atoms with Crippen LogP contribution < -0.4 is 4.74 Å². The second-order valence-corrected chi connectivity index (χ2v) is 11.2. The highest BCUT2D eigenvalue weighted by atomic mass is 16.7. The van der Waals surface area contributed by atoms with Crippen LogP contribution >= 0.6 is 0 Å². The Bertz CT molecular complexity index is 1610. The second kappa shape index (κ2) is 10.1. The summed E-state index contributed by atoms with van der Waals surface area (Å²) in [5.74, 6) is -3.11. The van der Waals surface area contributed by atoms with E-state index in [-0.39, 0.29) is 40.8 Å². The third-order valence-electron chi connectivity index (χ3n) is 8.73. The molecule has 1 aromatic heterocycles. The maximum Gasteiger partial charge on any atom is 0.202 e. The molecule has 11 nitrogen and oxygen atoms in total. The number of carbonyl (C=O) groups is 3. The van der Waals surface area contributed by atoms with Crippen LogP contribution in [0.25, 0.3) is 0 Å². The van der Waals surface area contributed by atoms with Gasteiger partial charge in [0, 0.05) is 48.3 Å². The van der Waals surface area contributed by atoms with Crippen LogP contribution in [0.2, 0.25) is 0 Å². The summed E-state index contributed by atoms with van der Waals surface area (Å²) in [6.45, 7) is 2.89. The van der Waals surface area contributed by atoms with Crippen LogP contribution in [-0.4, -0.2) is 73.6 Å². The smallest absolute Gasteiger partial charge is 0.202 e. The number of aromatic hydroxyl groups is 2. The molecule has 3 aromatic rings. The third kappa shape index (κ3) is 4.15. The molecule has 0 spiro atoms. The van der Waals surface area contributed by atoms with Gasteiger partial charge >= 0.3 is 0 Å². The van der Waals surface area contributed by atoms with E-state index >= 15 is 0 Å². The van der Waals surface area contributed by atoms with E-state index in [2.05, 4.69) is 0 Å². The van der Waals surface area contributed by atoms with Gasteiger partial charge < -0.3 is 39.2 Å². The van der Waals surface area contributed by atoms with Crippen molar-refractivity contribution < 1.29 is 49.0 Å². The van der Waals surface area contributed by atoms with E-state index in [0.717, 1.165) is 0 Å². The fourth-order valence-corrected chi connectivity index (χ4v) is 6.47. The minimum absolute atomic E-state index is 0.00820. The number of aliphatic hydroxyl groups is 2. The minimum atomic E-state index is -2.00. The van der Waals surface area contributed by atoms with Crippen LogP contribution in [0.1, 0.15) is 81.8 Å². The van der Waals surface area contributed by atoms with Crippen LogP contribution in [0.3, 0.4) is 0 Å². The lowest BCUT2D eigenvalue weighted by Gasteiger charge is -2.43. The Kier molecular flexibility index (Phi) is 6.73. The molecule has 4 unspecified atom stereocenters. The monoisotopic (exact) mass is 577 g/mol. The number of rotatable bonds is 5. The largest absolute Gasteiger partial charge is 0.507 e. The zero-order valence-electron chi connectivity index (χ0n) is 23.2. The molecule has 6 atom stereocenters. The minimum Gasteiger partial charge on any atom is -0.507 e. The first-order valence-electron chi connectivity index (χ1n) is 13.7. The predicted molar refractivity (Wildman–Crippen MR) is 146 cm³/mol. The topological polar surface area (TPSA) is 165 Å². The summed E-state index contributed by atoms with van der Waals surface area (Å²) in [7, 11) is 1.35. The Morgan fingerprint density at radius 1 is 1.05 bits per heavy atom. The number of fused-ring (bicyclic) bond motifs is 3. The Labute approximate surface area is 240 Å². The van der Waals surface area contributed by atoms with Gasteiger partial charge in [-0.25, -0.2) is 0 Å². The molecule has 2 heterocycles. The van der Waals surface area contributed by atoms with Crippen LogP contribution in [0.15, 0.2) is 42.7 Å². The van der Waals surface area contributed by atoms with Gasteiger partial charge in [-0.1, -0.05) is 12.1 Å². The van der Waals surface area contributed by atoms with Gasteiger partial charge in [0.25, 0.3) is 0 Å². The van der Waals surface area contributed by atoms with E-state index in [1.807, 2.05) is 16.7 Å². The first kappa shape index (κ1) is 28.1. The summed E-state index contributed by atoms with van der Waals surface area (Å²) >= 11 is 0. The molecule has 6 rings (SSSR count). The summed E-state index contributed by atoms with van der Waals surface area (Å²) < 4.78 is 19.4. The van der Waals surface area contributed by atoms with Crippen molar-refractivity contribution in [3.63, 3.8) is 0 Å². The van der Waals surface area contributed by atoms with Gasteiger partial charge in [0.15, 0.2) is 17.9 Å². The van der Waals surface area contributed by atoms with Crippen molar-refractivity contribution in [1.82, 2.24) is 4.57 Å². The Morgan fingerprint density at radius 2 is 1.74 bits per heavy atom. The van der Waals surface area contributed by atoms with Crippen LogP contribution in [0, 0.1) is 0 Å². The van der Waals surface area contributed by atoms with Gasteiger partial charge in [-0.05, 0) is 32.0 Å². The number of hydrogen-bond acceptors (Lipinski definition) is 10. The van der Waals surface area contributed by atoms with Crippen molar-refractivity contribution in [2.24, 2.45) is 0 Å². The number of aromatic nitrogens is 1. The zero-order valence-corrected chi connectivity index (χ0v) is 23.2. The highest BCUT2D eigenvalue weighted by Gasteiger charge is 2.49. The van der Waals surface area contributed by atoms with Crippen molar-refractivity contribution >= 4 is 17.3 Å². The van der Waals surface area contributed by atoms with Crippen molar-refractivity contribution in [3.05, 3.63) is 76.1 Å². The molecule has 1 aliphatic heterocycles. The first-order chi connectivity index (χ1) is 20.0. The van der Waals surface area contributed by atoms with Gasteiger partial charge in [0.2, 0.25) is 5.78 Å². The summed E-state index contributed by atoms with van der Waals surface area (Å²) in [5.41, 5.74) is -2.97. The van der Waals surface area contributed by atoms with Gasteiger partial charge in [0.1, 0.15) is 29.0 Å². The molecule has 1 saturated heterocycles. The number of carbonyl (C=O) groups excluding carboxylic acids is 3. The molecule has 2 aromatic carbocycles. The van der Waals surface area contributed by atoms with Crippen LogP contribution in [0.5, 0.6) is 17.2 Å². The molecule has 220 valence electrons. The van der Waals surface area contributed by atoms with Crippen molar-refractivity contribution in [2.75, 3.05) is 7.11 Å². The average molecular weight is 578 g/mol. The van der Waals surface area contributed by atoms with E-state index in [1.54, 1.807) is 19.3 Å².